The third-order valence-corrected chi connectivity index (χ3v) is 5.12. The number of benzene rings is 1. The molecule has 3 rings (SSSR count). The van der Waals surface area contributed by atoms with E-state index in [-0.39, 0.29) is 11.3 Å². The summed E-state index contributed by atoms with van der Waals surface area (Å²) in [5.74, 6) is 0.672. The van der Waals surface area contributed by atoms with Gasteiger partial charge in [0.2, 0.25) is 0 Å². The Hall–Kier alpha value is -3.56. The van der Waals surface area contributed by atoms with Crippen molar-refractivity contribution in [2.45, 2.75) is 13.0 Å². The maximum atomic E-state index is 13.4. The van der Waals surface area contributed by atoms with Gasteiger partial charge in [0, 0.05) is 55.9 Å². The van der Waals surface area contributed by atoms with E-state index in [1.54, 1.807) is 44.1 Å². The second kappa shape index (κ2) is 12.6. The lowest BCUT2D eigenvalue weighted by molar-refractivity contribution is -0.418. The van der Waals surface area contributed by atoms with E-state index < -0.39 is 4.92 Å². The van der Waals surface area contributed by atoms with Crippen molar-refractivity contribution < 1.29 is 14.4 Å². The van der Waals surface area contributed by atoms with E-state index in [2.05, 4.69) is 16.3 Å². The number of aliphatic imine (C=N–C) groups is 1. The van der Waals surface area contributed by atoms with Crippen LogP contribution in [0.5, 0.6) is 5.75 Å². The Morgan fingerprint density at radius 3 is 2.62 bits per heavy atom. The molecule has 0 saturated heterocycles. The largest absolute Gasteiger partial charge is 0.497 e. The Bertz CT molecular complexity index is 1190. The first kappa shape index (κ1) is 26.7. The summed E-state index contributed by atoms with van der Waals surface area (Å²) in [7, 11) is 8.78. The molecule has 1 aliphatic rings. The molecule has 0 spiro atoms. The number of fused-ring (bicyclic) bond motifs is 3. The molecule has 2 heterocycles. The molecule has 2 aromatic rings. The summed E-state index contributed by atoms with van der Waals surface area (Å²) in [6.07, 6.45) is 7.30. The number of likely N-dealkylation sites (N-methyl/N-ethyl adjacent to an activating group) is 1. The highest BCUT2D eigenvalue weighted by atomic mass is 16.6. The van der Waals surface area contributed by atoms with Crippen molar-refractivity contribution in [3.8, 4) is 5.75 Å². The summed E-state index contributed by atoms with van der Waals surface area (Å²) in [4.78, 5) is 30.1. The van der Waals surface area contributed by atoms with Crippen LogP contribution in [0.1, 0.15) is 17.7 Å². The first-order valence-electron chi connectivity index (χ1n) is 10.7. The third kappa shape index (κ3) is 6.49. The predicted octanol–water partition coefficient (Wildman–Crippen LogP) is 3.39. The van der Waals surface area contributed by atoms with Crippen LogP contribution in [0, 0.1) is 10.1 Å². The highest BCUT2D eigenvalue weighted by Gasteiger charge is 2.21. The van der Waals surface area contributed by atoms with E-state index in [0.29, 0.717) is 37.2 Å². The lowest BCUT2D eigenvalue weighted by Crippen LogP contribution is -2.31. The van der Waals surface area contributed by atoms with Crippen LogP contribution in [0.15, 0.2) is 58.5 Å². The Kier molecular flexibility index (Phi) is 9.91. The fourth-order valence-corrected chi connectivity index (χ4v) is 3.52. The quantitative estimate of drug-likeness (QED) is 0.335. The van der Waals surface area contributed by atoms with Crippen molar-refractivity contribution in [1.82, 2.24) is 9.47 Å². The van der Waals surface area contributed by atoms with Gasteiger partial charge in [0.25, 0.3) is 11.3 Å². The van der Waals surface area contributed by atoms with Crippen molar-refractivity contribution in [3.05, 3.63) is 80.4 Å². The fraction of sp³-hybridized carbons (Fsp3) is 0.360. The lowest BCUT2D eigenvalue weighted by atomic mass is 9.96. The van der Waals surface area contributed by atoms with E-state index in [4.69, 9.17) is 4.74 Å². The molecule has 34 heavy (non-hydrogen) atoms. The molecule has 9 nitrogen and oxygen atoms in total. The average Bonchev–Trinajstić information content (AvgIpc) is 2.81. The smallest absolute Gasteiger partial charge is 0.262 e. The summed E-state index contributed by atoms with van der Waals surface area (Å²) in [5, 5.41) is 12.1. The molecule has 0 amide bonds. The van der Waals surface area contributed by atoms with Crippen molar-refractivity contribution in [3.63, 3.8) is 0 Å². The van der Waals surface area contributed by atoms with Gasteiger partial charge >= 0.3 is 0 Å². The average molecular weight is 469 g/mol. The number of allylic oxidation sites excluding steroid dienone is 3. The van der Waals surface area contributed by atoms with Gasteiger partial charge in [-0.2, -0.15) is 0 Å². The number of nitro groups is 1. The summed E-state index contributed by atoms with van der Waals surface area (Å²) in [6, 6.07) is 5.44. The molecule has 0 saturated carbocycles. The number of aromatic nitrogens is 1. The van der Waals surface area contributed by atoms with Gasteiger partial charge in [0.1, 0.15) is 5.75 Å². The minimum Gasteiger partial charge on any atom is -0.497 e. The van der Waals surface area contributed by atoms with Crippen LogP contribution in [-0.4, -0.2) is 69.1 Å². The first-order chi connectivity index (χ1) is 16.2. The molecule has 182 valence electrons. The molecule has 0 radical (unpaired) electrons. The lowest BCUT2D eigenvalue weighted by Gasteiger charge is -2.23. The van der Waals surface area contributed by atoms with Crippen LogP contribution in [0.2, 0.25) is 0 Å². The van der Waals surface area contributed by atoms with Gasteiger partial charge in [-0.15, -0.1) is 0 Å². The van der Waals surface area contributed by atoms with Crippen LogP contribution in [0.3, 0.4) is 0 Å². The van der Waals surface area contributed by atoms with Gasteiger partial charge in [-0.1, -0.05) is 12.2 Å². The SMILES string of the molecule is C=C(/C=C\C/C=C1\CN=Cc2c1n(CCN(C)C)c(=O)c1ccc(OC)cc21)[N+](=O)[O-].COC. The van der Waals surface area contributed by atoms with E-state index in [1.165, 1.54) is 6.08 Å². The van der Waals surface area contributed by atoms with Crippen LogP contribution in [0.4, 0.5) is 0 Å². The molecule has 1 aromatic carbocycles. The summed E-state index contributed by atoms with van der Waals surface area (Å²) < 4.78 is 11.4. The normalized spacial score (nSPS) is 13.8. The monoisotopic (exact) mass is 468 g/mol. The highest BCUT2D eigenvalue weighted by molar-refractivity contribution is 6.05. The van der Waals surface area contributed by atoms with E-state index in [0.717, 1.165) is 22.2 Å². The fourth-order valence-electron chi connectivity index (χ4n) is 3.52. The maximum Gasteiger partial charge on any atom is 0.262 e. The summed E-state index contributed by atoms with van der Waals surface area (Å²) >= 11 is 0. The van der Waals surface area contributed by atoms with Crippen molar-refractivity contribution in [2.24, 2.45) is 4.99 Å². The zero-order chi connectivity index (χ0) is 25.3. The van der Waals surface area contributed by atoms with Gasteiger partial charge in [0.05, 0.1) is 24.3 Å². The van der Waals surface area contributed by atoms with Gasteiger partial charge in [0.15, 0.2) is 0 Å². The molecule has 9 heteroatoms. The molecule has 0 atom stereocenters. The summed E-state index contributed by atoms with van der Waals surface area (Å²) in [6.45, 7) is 5.08. The van der Waals surface area contributed by atoms with Gasteiger partial charge < -0.3 is 18.9 Å². The second-order valence-corrected chi connectivity index (χ2v) is 7.93. The predicted molar refractivity (Wildman–Crippen MR) is 137 cm³/mol. The molecule has 0 bridgehead atoms. The topological polar surface area (TPSA) is 99.2 Å². The first-order valence-corrected chi connectivity index (χ1v) is 10.7. The number of pyridine rings is 1. The molecule has 1 aliphatic heterocycles. The third-order valence-electron chi connectivity index (χ3n) is 5.12. The van der Waals surface area contributed by atoms with Crippen molar-refractivity contribution in [1.29, 1.82) is 0 Å². The summed E-state index contributed by atoms with van der Waals surface area (Å²) in [5.41, 5.74) is 2.40. The Morgan fingerprint density at radius 2 is 2.00 bits per heavy atom. The molecule has 0 aliphatic carbocycles. The second-order valence-electron chi connectivity index (χ2n) is 7.93. The van der Waals surface area contributed by atoms with Crippen LogP contribution in [0.25, 0.3) is 16.3 Å². The molecule has 1 aromatic heterocycles. The Balaban J connectivity index is 0.00000129. The Morgan fingerprint density at radius 1 is 1.29 bits per heavy atom. The van der Waals surface area contributed by atoms with E-state index in [9.17, 15) is 14.9 Å². The van der Waals surface area contributed by atoms with Crippen LogP contribution < -0.4 is 10.3 Å². The van der Waals surface area contributed by atoms with Gasteiger partial charge in [-0.3, -0.25) is 19.9 Å². The maximum absolute atomic E-state index is 13.4. The molecule has 0 unspecified atom stereocenters. The molecular weight excluding hydrogens is 436 g/mol. The molecule has 0 N–H and O–H groups in total. The number of ether oxygens (including phenoxy) is 2. The van der Waals surface area contributed by atoms with Crippen LogP contribution >= 0.6 is 0 Å². The highest BCUT2D eigenvalue weighted by Crippen LogP contribution is 2.30. The van der Waals surface area contributed by atoms with Gasteiger partial charge in [-0.05, 0) is 50.9 Å². The number of rotatable bonds is 8. The van der Waals surface area contributed by atoms with E-state index in [1.807, 2.05) is 37.4 Å². The van der Waals surface area contributed by atoms with Gasteiger partial charge in [-0.25, -0.2) is 0 Å². The minimum absolute atomic E-state index is 0.0586. The standard InChI is InChI=1S/C23H26N4O4.C2H6O/c1-16(27(29)30)7-5-6-8-17-14-24-15-21-20-13-18(31-4)9-10-19(20)23(28)26(22(17)21)12-11-25(2)3;1-3-2/h5,7-10,13,15H,1,6,11-12,14H2,2-4H3;1-2H3/b7-5-,17-8+;. The Labute approximate surface area is 199 Å². The zero-order valence-electron chi connectivity index (χ0n) is 20.4. The number of methoxy groups -OCH3 is 2. The number of nitrogens with zero attached hydrogens (tertiary/aromatic N) is 4. The van der Waals surface area contributed by atoms with E-state index >= 15 is 0 Å². The number of hydrogen-bond acceptors (Lipinski definition) is 7. The van der Waals surface area contributed by atoms with Crippen LogP contribution in [-0.2, 0) is 11.3 Å². The minimum atomic E-state index is -0.526. The molecule has 0 fully saturated rings. The van der Waals surface area contributed by atoms with Crippen molar-refractivity contribution in [2.75, 3.05) is 48.5 Å². The molecular formula is C25H32N4O5. The van der Waals surface area contributed by atoms with Crippen molar-refractivity contribution >= 4 is 22.6 Å². The number of hydrogen-bond donors (Lipinski definition) is 0. The zero-order valence-corrected chi connectivity index (χ0v) is 20.4.